The van der Waals surface area contributed by atoms with Crippen LogP contribution in [0.1, 0.15) is 0 Å². The van der Waals surface area contributed by atoms with Crippen molar-refractivity contribution in [1.29, 1.82) is 0 Å². The second kappa shape index (κ2) is 3.32. The van der Waals surface area contributed by atoms with E-state index < -0.39 is 8.80 Å². The first kappa shape index (κ1) is 8.68. The fourth-order valence-electron chi connectivity index (χ4n) is 0.769. The minimum Gasteiger partial charge on any atom is -0.263 e. The topological polar surface area (TPSA) is 12.9 Å². The molecular formula is C7H8ClFNSi. The molecule has 0 aliphatic heterocycles. The standard InChI is InChI=1S/C7H8ClFNSi/c1-11(2)7-6(9)5(8)3-4-10-7/h3-4H,1-2H3. The molecule has 0 aliphatic carbocycles. The maximum Gasteiger partial charge on any atom is 0.158 e. The molecule has 0 spiro atoms. The van der Waals surface area contributed by atoms with Gasteiger partial charge in [-0.15, -0.1) is 0 Å². The van der Waals surface area contributed by atoms with Gasteiger partial charge < -0.3 is 0 Å². The number of halogens is 2. The van der Waals surface area contributed by atoms with E-state index in [1.54, 1.807) is 6.20 Å². The third-order valence-electron chi connectivity index (χ3n) is 1.32. The Kier molecular flexibility index (Phi) is 2.62. The van der Waals surface area contributed by atoms with Crippen molar-refractivity contribution >= 4 is 25.7 Å². The lowest BCUT2D eigenvalue weighted by Gasteiger charge is -2.03. The first-order chi connectivity index (χ1) is 5.13. The largest absolute Gasteiger partial charge is 0.263 e. The Hall–Kier alpha value is -0.413. The van der Waals surface area contributed by atoms with E-state index >= 15 is 0 Å². The van der Waals surface area contributed by atoms with Crippen LogP contribution in [0.5, 0.6) is 0 Å². The van der Waals surface area contributed by atoms with Crippen LogP contribution in [-0.2, 0) is 0 Å². The first-order valence-corrected chi connectivity index (χ1v) is 6.11. The molecule has 0 aromatic carbocycles. The van der Waals surface area contributed by atoms with Gasteiger partial charge in [-0.2, -0.15) is 0 Å². The summed E-state index contributed by atoms with van der Waals surface area (Å²) in [7, 11) is -0.835. The van der Waals surface area contributed by atoms with E-state index in [4.69, 9.17) is 11.6 Å². The summed E-state index contributed by atoms with van der Waals surface area (Å²) in [6.45, 7) is 3.96. The Bertz CT molecular complexity index is 265. The summed E-state index contributed by atoms with van der Waals surface area (Å²) in [4.78, 5) is 3.92. The zero-order valence-electron chi connectivity index (χ0n) is 6.36. The van der Waals surface area contributed by atoms with Crippen LogP contribution in [0, 0.1) is 5.82 Å². The van der Waals surface area contributed by atoms with E-state index in [1.807, 2.05) is 13.1 Å². The van der Waals surface area contributed by atoms with Crippen molar-refractivity contribution in [3.05, 3.63) is 23.1 Å². The molecule has 1 radical (unpaired) electrons. The van der Waals surface area contributed by atoms with Gasteiger partial charge in [0.15, 0.2) is 5.82 Å². The fourth-order valence-corrected chi connectivity index (χ4v) is 1.90. The second-order valence-corrected chi connectivity index (χ2v) is 5.34. The van der Waals surface area contributed by atoms with Crippen LogP contribution < -0.4 is 5.32 Å². The van der Waals surface area contributed by atoms with Gasteiger partial charge in [0.25, 0.3) is 0 Å². The second-order valence-electron chi connectivity index (χ2n) is 2.46. The van der Waals surface area contributed by atoms with Crippen molar-refractivity contribution in [3.63, 3.8) is 0 Å². The van der Waals surface area contributed by atoms with Crippen LogP contribution in [0.3, 0.4) is 0 Å². The molecule has 4 heteroatoms. The third-order valence-corrected chi connectivity index (χ3v) is 2.90. The van der Waals surface area contributed by atoms with E-state index in [1.165, 1.54) is 6.07 Å². The van der Waals surface area contributed by atoms with E-state index in [0.29, 0.717) is 5.32 Å². The Balaban J connectivity index is 3.17. The molecule has 0 bridgehead atoms. The zero-order chi connectivity index (χ0) is 8.43. The summed E-state index contributed by atoms with van der Waals surface area (Å²) in [5.41, 5.74) is 0. The van der Waals surface area contributed by atoms with Crippen molar-refractivity contribution in [2.24, 2.45) is 0 Å². The Labute approximate surface area is 71.8 Å². The van der Waals surface area contributed by atoms with E-state index in [-0.39, 0.29) is 10.8 Å². The highest BCUT2D eigenvalue weighted by Crippen LogP contribution is 2.09. The van der Waals surface area contributed by atoms with Crippen LogP contribution in [0.4, 0.5) is 4.39 Å². The van der Waals surface area contributed by atoms with E-state index in [2.05, 4.69) is 4.98 Å². The van der Waals surface area contributed by atoms with Crippen molar-refractivity contribution in [1.82, 2.24) is 4.98 Å². The van der Waals surface area contributed by atoms with Crippen molar-refractivity contribution < 1.29 is 4.39 Å². The van der Waals surface area contributed by atoms with Gasteiger partial charge in [0.2, 0.25) is 0 Å². The molecular weight excluding hydrogens is 181 g/mol. The number of rotatable bonds is 1. The Morgan fingerprint density at radius 1 is 1.55 bits per heavy atom. The van der Waals surface area contributed by atoms with Gasteiger partial charge in [-0.1, -0.05) is 24.7 Å². The molecule has 0 amide bonds. The molecule has 0 atom stereocenters. The molecule has 0 N–H and O–H groups in total. The minimum atomic E-state index is -0.835. The van der Waals surface area contributed by atoms with Crippen LogP contribution in [0.2, 0.25) is 18.1 Å². The summed E-state index contributed by atoms with van der Waals surface area (Å²) in [6, 6.07) is 1.46. The fraction of sp³-hybridized carbons (Fsp3) is 0.286. The molecule has 0 saturated heterocycles. The SMILES string of the molecule is C[Si](C)c1nccc(Cl)c1F. The van der Waals surface area contributed by atoms with E-state index in [0.717, 1.165) is 0 Å². The van der Waals surface area contributed by atoms with Crippen molar-refractivity contribution in [2.75, 3.05) is 0 Å². The maximum absolute atomic E-state index is 13.1. The highest BCUT2D eigenvalue weighted by atomic mass is 35.5. The summed E-state index contributed by atoms with van der Waals surface area (Å²) < 4.78 is 13.1. The molecule has 59 valence electrons. The van der Waals surface area contributed by atoms with Crippen LogP contribution in [0.25, 0.3) is 0 Å². The minimum absolute atomic E-state index is 0.168. The normalized spacial score (nSPS) is 10.6. The van der Waals surface area contributed by atoms with E-state index in [9.17, 15) is 4.39 Å². The molecule has 0 saturated carbocycles. The zero-order valence-corrected chi connectivity index (χ0v) is 8.11. The number of pyridine rings is 1. The van der Waals surface area contributed by atoms with Crippen molar-refractivity contribution in [3.8, 4) is 0 Å². The monoisotopic (exact) mass is 188 g/mol. The lowest BCUT2D eigenvalue weighted by atomic mass is 10.5. The van der Waals surface area contributed by atoms with Gasteiger partial charge in [0.05, 0.1) is 10.3 Å². The van der Waals surface area contributed by atoms with Gasteiger partial charge in [0, 0.05) is 6.20 Å². The van der Waals surface area contributed by atoms with Gasteiger partial charge in [-0.3, -0.25) is 4.98 Å². The summed E-state index contributed by atoms with van der Waals surface area (Å²) in [5.74, 6) is -0.354. The molecule has 1 rings (SSSR count). The quantitative estimate of drug-likeness (QED) is 0.613. The molecule has 1 aromatic heterocycles. The first-order valence-electron chi connectivity index (χ1n) is 3.23. The highest BCUT2D eigenvalue weighted by molar-refractivity contribution is 6.70. The maximum atomic E-state index is 13.1. The Morgan fingerprint density at radius 3 is 2.64 bits per heavy atom. The molecule has 0 aliphatic rings. The lowest BCUT2D eigenvalue weighted by Crippen LogP contribution is -2.29. The summed E-state index contributed by atoms with van der Waals surface area (Å²) in [6.07, 6.45) is 1.54. The predicted molar refractivity (Wildman–Crippen MR) is 46.3 cm³/mol. The van der Waals surface area contributed by atoms with Crippen LogP contribution >= 0.6 is 11.6 Å². The Morgan fingerprint density at radius 2 is 2.18 bits per heavy atom. The molecule has 0 unspecified atom stereocenters. The number of aromatic nitrogens is 1. The third kappa shape index (κ3) is 1.78. The predicted octanol–water partition coefficient (Wildman–Crippen LogP) is 1.84. The van der Waals surface area contributed by atoms with Gasteiger partial charge in [0.1, 0.15) is 8.80 Å². The van der Waals surface area contributed by atoms with Gasteiger partial charge in [-0.25, -0.2) is 4.39 Å². The molecule has 11 heavy (non-hydrogen) atoms. The molecule has 0 fully saturated rings. The number of nitrogens with zero attached hydrogens (tertiary/aromatic N) is 1. The lowest BCUT2D eigenvalue weighted by molar-refractivity contribution is 0.631. The van der Waals surface area contributed by atoms with Crippen molar-refractivity contribution in [2.45, 2.75) is 13.1 Å². The van der Waals surface area contributed by atoms with Crippen LogP contribution in [-0.4, -0.2) is 13.8 Å². The van der Waals surface area contributed by atoms with Gasteiger partial charge in [-0.05, 0) is 6.07 Å². The average molecular weight is 189 g/mol. The summed E-state index contributed by atoms with van der Waals surface area (Å²) in [5, 5.41) is 0.698. The average Bonchev–Trinajstić information content (AvgIpc) is 1.94. The number of hydrogen-bond acceptors (Lipinski definition) is 1. The molecule has 1 nitrogen and oxygen atoms in total. The summed E-state index contributed by atoms with van der Waals surface area (Å²) >= 11 is 5.56. The molecule has 1 aromatic rings. The number of hydrogen-bond donors (Lipinski definition) is 0. The smallest absolute Gasteiger partial charge is 0.158 e. The highest BCUT2D eigenvalue weighted by Gasteiger charge is 2.11. The van der Waals surface area contributed by atoms with Gasteiger partial charge >= 0.3 is 0 Å². The van der Waals surface area contributed by atoms with Crippen LogP contribution in [0.15, 0.2) is 12.3 Å². The molecule has 1 heterocycles.